The molecular weight excluding hydrogens is 286 g/mol. The van der Waals surface area contributed by atoms with E-state index >= 15 is 0 Å². The number of amides is 1. The van der Waals surface area contributed by atoms with Crippen LogP contribution in [0.3, 0.4) is 0 Å². The summed E-state index contributed by atoms with van der Waals surface area (Å²) in [5.41, 5.74) is 1.23. The SMILES string of the molecule is CCN1CCC[C@@H]1[C@@H]1CCCN1C(=O)[C@H]1C[C@@H]1c1cccnc1. The lowest BCUT2D eigenvalue weighted by molar-refractivity contribution is -0.134. The third kappa shape index (κ3) is 2.78. The molecule has 2 saturated heterocycles. The van der Waals surface area contributed by atoms with E-state index in [9.17, 15) is 4.79 Å². The molecule has 3 heterocycles. The number of hydrogen-bond acceptors (Lipinski definition) is 3. The predicted molar refractivity (Wildman–Crippen MR) is 90.1 cm³/mol. The molecule has 4 atom stereocenters. The van der Waals surface area contributed by atoms with Gasteiger partial charge in [-0.25, -0.2) is 0 Å². The van der Waals surface area contributed by atoms with Crippen LogP contribution >= 0.6 is 0 Å². The summed E-state index contributed by atoms with van der Waals surface area (Å²) in [5.74, 6) is 1.02. The van der Waals surface area contributed by atoms with Gasteiger partial charge in [-0.3, -0.25) is 14.7 Å². The number of aromatic nitrogens is 1. The Hall–Kier alpha value is -1.42. The first kappa shape index (κ1) is 15.1. The van der Waals surface area contributed by atoms with Gasteiger partial charge in [-0.2, -0.15) is 0 Å². The molecule has 0 spiro atoms. The van der Waals surface area contributed by atoms with Crippen molar-refractivity contribution in [3.05, 3.63) is 30.1 Å². The Morgan fingerprint density at radius 1 is 1.26 bits per heavy atom. The van der Waals surface area contributed by atoms with Crippen LogP contribution in [0.1, 0.15) is 50.5 Å². The molecule has 0 radical (unpaired) electrons. The highest BCUT2D eigenvalue weighted by atomic mass is 16.2. The molecule has 1 saturated carbocycles. The molecule has 1 aromatic rings. The van der Waals surface area contributed by atoms with Gasteiger partial charge >= 0.3 is 0 Å². The Labute approximate surface area is 138 Å². The van der Waals surface area contributed by atoms with Crippen molar-refractivity contribution in [2.24, 2.45) is 5.92 Å². The molecule has 124 valence electrons. The molecule has 0 bridgehead atoms. The third-order valence-corrected chi connectivity index (χ3v) is 6.07. The van der Waals surface area contributed by atoms with E-state index in [-0.39, 0.29) is 5.92 Å². The zero-order valence-corrected chi connectivity index (χ0v) is 14.0. The molecule has 4 rings (SSSR count). The fraction of sp³-hybridized carbons (Fsp3) is 0.684. The number of likely N-dealkylation sites (N-methyl/N-ethyl adjacent to an activating group) is 1. The number of carbonyl (C=O) groups is 1. The molecule has 1 amide bonds. The molecule has 23 heavy (non-hydrogen) atoms. The van der Waals surface area contributed by atoms with E-state index in [1.807, 2.05) is 12.3 Å². The van der Waals surface area contributed by atoms with Gasteiger partial charge in [-0.05, 0) is 62.7 Å². The summed E-state index contributed by atoms with van der Waals surface area (Å²) >= 11 is 0. The summed E-state index contributed by atoms with van der Waals surface area (Å²) in [5, 5.41) is 0. The minimum atomic E-state index is 0.205. The minimum absolute atomic E-state index is 0.205. The van der Waals surface area contributed by atoms with Crippen molar-refractivity contribution in [1.29, 1.82) is 0 Å². The van der Waals surface area contributed by atoms with E-state index in [1.165, 1.54) is 37.8 Å². The van der Waals surface area contributed by atoms with Crippen LogP contribution in [-0.4, -0.2) is 52.4 Å². The predicted octanol–water partition coefficient (Wildman–Crippen LogP) is 2.66. The van der Waals surface area contributed by atoms with Gasteiger partial charge in [0.25, 0.3) is 0 Å². The van der Waals surface area contributed by atoms with Gasteiger partial charge in [0.15, 0.2) is 0 Å². The van der Waals surface area contributed by atoms with Crippen LogP contribution in [0, 0.1) is 5.92 Å². The molecule has 0 N–H and O–H groups in total. The molecule has 3 fully saturated rings. The lowest BCUT2D eigenvalue weighted by Gasteiger charge is -2.34. The molecule has 0 aromatic carbocycles. The van der Waals surface area contributed by atoms with E-state index in [1.54, 1.807) is 6.20 Å². The van der Waals surface area contributed by atoms with Crippen LogP contribution in [0.4, 0.5) is 0 Å². The van der Waals surface area contributed by atoms with Gasteiger partial charge in [0, 0.05) is 36.9 Å². The van der Waals surface area contributed by atoms with Crippen molar-refractivity contribution in [3.8, 4) is 0 Å². The van der Waals surface area contributed by atoms with Crippen LogP contribution in [-0.2, 0) is 4.79 Å². The van der Waals surface area contributed by atoms with E-state index in [0.717, 1.165) is 19.5 Å². The maximum atomic E-state index is 13.0. The van der Waals surface area contributed by atoms with Crippen molar-refractivity contribution in [1.82, 2.24) is 14.8 Å². The number of nitrogens with zero attached hydrogens (tertiary/aromatic N) is 3. The molecule has 3 aliphatic rings. The van der Waals surface area contributed by atoms with Gasteiger partial charge < -0.3 is 4.90 Å². The van der Waals surface area contributed by atoms with E-state index in [4.69, 9.17) is 0 Å². The molecule has 1 aromatic heterocycles. The topological polar surface area (TPSA) is 36.4 Å². The summed E-state index contributed by atoms with van der Waals surface area (Å²) in [6.45, 7) is 5.54. The Morgan fingerprint density at radius 3 is 2.87 bits per heavy atom. The molecule has 1 aliphatic carbocycles. The van der Waals surface area contributed by atoms with Crippen LogP contribution in [0.25, 0.3) is 0 Å². The van der Waals surface area contributed by atoms with Crippen molar-refractivity contribution < 1.29 is 4.79 Å². The number of hydrogen-bond donors (Lipinski definition) is 0. The molecular formula is C19H27N3O. The maximum absolute atomic E-state index is 13.0. The second-order valence-corrected chi connectivity index (χ2v) is 7.31. The first-order valence-corrected chi connectivity index (χ1v) is 9.24. The van der Waals surface area contributed by atoms with Gasteiger partial charge in [0.05, 0.1) is 0 Å². The molecule has 4 nitrogen and oxygen atoms in total. The summed E-state index contributed by atoms with van der Waals surface area (Å²) < 4.78 is 0. The van der Waals surface area contributed by atoms with E-state index in [2.05, 4.69) is 27.8 Å². The number of rotatable bonds is 4. The average molecular weight is 313 g/mol. The normalized spacial score (nSPS) is 34.0. The quantitative estimate of drug-likeness (QED) is 0.857. The highest BCUT2D eigenvalue weighted by Gasteiger charge is 2.49. The van der Waals surface area contributed by atoms with Crippen molar-refractivity contribution in [2.75, 3.05) is 19.6 Å². The zero-order chi connectivity index (χ0) is 15.8. The third-order valence-electron chi connectivity index (χ3n) is 6.07. The van der Waals surface area contributed by atoms with Gasteiger partial charge in [0.1, 0.15) is 0 Å². The fourth-order valence-corrected chi connectivity index (χ4v) is 4.79. The van der Waals surface area contributed by atoms with E-state index in [0.29, 0.717) is 23.9 Å². The maximum Gasteiger partial charge on any atom is 0.226 e. The Morgan fingerprint density at radius 2 is 2.09 bits per heavy atom. The second kappa shape index (κ2) is 6.23. The first-order chi connectivity index (χ1) is 11.3. The Bertz CT molecular complexity index is 561. The first-order valence-electron chi connectivity index (χ1n) is 9.24. The minimum Gasteiger partial charge on any atom is -0.338 e. The molecule has 4 heteroatoms. The van der Waals surface area contributed by atoms with Crippen molar-refractivity contribution >= 4 is 5.91 Å². The largest absolute Gasteiger partial charge is 0.338 e. The van der Waals surface area contributed by atoms with Gasteiger partial charge in [0.2, 0.25) is 5.91 Å². The number of carbonyl (C=O) groups excluding carboxylic acids is 1. The smallest absolute Gasteiger partial charge is 0.226 e. The van der Waals surface area contributed by atoms with Crippen molar-refractivity contribution in [3.63, 3.8) is 0 Å². The van der Waals surface area contributed by atoms with Gasteiger partial charge in [-0.15, -0.1) is 0 Å². The fourth-order valence-electron chi connectivity index (χ4n) is 4.79. The van der Waals surface area contributed by atoms with Crippen LogP contribution in [0.5, 0.6) is 0 Å². The summed E-state index contributed by atoms with van der Waals surface area (Å²) in [7, 11) is 0. The highest BCUT2D eigenvalue weighted by Crippen LogP contribution is 2.49. The molecule has 2 aliphatic heterocycles. The second-order valence-electron chi connectivity index (χ2n) is 7.31. The monoisotopic (exact) mass is 313 g/mol. The lowest BCUT2D eigenvalue weighted by Crippen LogP contribution is -2.48. The van der Waals surface area contributed by atoms with Crippen LogP contribution in [0.15, 0.2) is 24.5 Å². The summed E-state index contributed by atoms with van der Waals surface area (Å²) in [4.78, 5) is 22.1. The zero-order valence-electron chi connectivity index (χ0n) is 14.0. The highest BCUT2D eigenvalue weighted by molar-refractivity contribution is 5.83. The number of likely N-dealkylation sites (tertiary alicyclic amines) is 2. The summed E-state index contributed by atoms with van der Waals surface area (Å²) in [6, 6.07) is 5.15. The number of pyridine rings is 1. The standard InChI is InChI=1S/C19H27N3O/c1-2-21-10-4-7-17(21)18-8-5-11-22(18)19(23)16-12-15(16)14-6-3-9-20-13-14/h3,6,9,13,15-18H,2,4-5,7-8,10-12H2,1H3/t15-,16+,17-,18+/m1/s1. The van der Waals surface area contributed by atoms with E-state index < -0.39 is 0 Å². The Balaban J connectivity index is 1.44. The summed E-state index contributed by atoms with van der Waals surface area (Å²) in [6.07, 6.45) is 9.66. The molecule has 0 unspecified atom stereocenters. The lowest BCUT2D eigenvalue weighted by atomic mass is 10.0. The van der Waals surface area contributed by atoms with Crippen LogP contribution < -0.4 is 0 Å². The van der Waals surface area contributed by atoms with Crippen molar-refractivity contribution in [2.45, 2.75) is 57.0 Å². The van der Waals surface area contributed by atoms with Crippen LogP contribution in [0.2, 0.25) is 0 Å². The van der Waals surface area contributed by atoms with Gasteiger partial charge in [-0.1, -0.05) is 13.0 Å². The Kier molecular flexibility index (Phi) is 4.10. The average Bonchev–Trinajstić information content (AvgIpc) is 3.02.